The lowest BCUT2D eigenvalue weighted by atomic mass is 9.61. The Bertz CT molecular complexity index is 426. The highest BCUT2D eigenvalue weighted by Crippen LogP contribution is 2.49. The van der Waals surface area contributed by atoms with Crippen LogP contribution < -0.4 is 5.73 Å². The predicted octanol–water partition coefficient (Wildman–Crippen LogP) is 3.26. The molecule has 1 aliphatic heterocycles. The van der Waals surface area contributed by atoms with Gasteiger partial charge in [-0.15, -0.1) is 0 Å². The van der Waals surface area contributed by atoms with Crippen molar-refractivity contribution >= 4 is 23.1 Å². The van der Waals surface area contributed by atoms with Crippen LogP contribution in [-0.4, -0.2) is 28.9 Å². The predicted molar refractivity (Wildman–Crippen MR) is 88.9 cm³/mol. The summed E-state index contributed by atoms with van der Waals surface area (Å²) in [4.78, 5) is 15.4. The number of nitrogens with two attached hydrogens (primary N) is 1. The van der Waals surface area contributed by atoms with Gasteiger partial charge in [-0.2, -0.15) is 0 Å². The molecule has 0 aromatic heterocycles. The highest BCUT2D eigenvalue weighted by molar-refractivity contribution is 7.80. The zero-order valence-electron chi connectivity index (χ0n) is 13.2. The van der Waals surface area contributed by atoms with Crippen molar-refractivity contribution in [2.75, 3.05) is 13.1 Å². The Hall–Kier alpha value is -0.640. The molecule has 0 aromatic carbocycles. The number of likely N-dealkylation sites (tertiary alicyclic amines) is 1. The van der Waals surface area contributed by atoms with Gasteiger partial charge in [-0.1, -0.05) is 38.4 Å². The van der Waals surface area contributed by atoms with E-state index in [1.165, 1.54) is 44.9 Å². The van der Waals surface area contributed by atoms with Gasteiger partial charge in [-0.25, -0.2) is 0 Å². The van der Waals surface area contributed by atoms with Crippen molar-refractivity contribution in [1.82, 2.24) is 4.90 Å². The van der Waals surface area contributed by atoms with Crippen molar-refractivity contribution in [3.05, 3.63) is 0 Å². The number of piperidine rings is 1. The summed E-state index contributed by atoms with van der Waals surface area (Å²) in [7, 11) is 0. The molecule has 21 heavy (non-hydrogen) atoms. The molecule has 3 fully saturated rings. The highest BCUT2D eigenvalue weighted by atomic mass is 32.1. The number of hydrogen-bond donors (Lipinski definition) is 1. The van der Waals surface area contributed by atoms with Crippen molar-refractivity contribution in [3.8, 4) is 0 Å². The van der Waals surface area contributed by atoms with Crippen LogP contribution in [0.4, 0.5) is 0 Å². The first-order chi connectivity index (χ1) is 9.97. The second kappa shape index (κ2) is 5.53. The monoisotopic (exact) mass is 308 g/mol. The van der Waals surface area contributed by atoms with Crippen molar-refractivity contribution < 1.29 is 4.79 Å². The number of amides is 1. The summed E-state index contributed by atoms with van der Waals surface area (Å²) in [6.45, 7) is 4.01. The summed E-state index contributed by atoms with van der Waals surface area (Å²) in [5.74, 6) is 0.795. The van der Waals surface area contributed by atoms with E-state index < -0.39 is 5.41 Å². The molecule has 0 atom stereocenters. The lowest BCUT2D eigenvalue weighted by Gasteiger charge is -2.50. The van der Waals surface area contributed by atoms with E-state index in [0.29, 0.717) is 16.3 Å². The van der Waals surface area contributed by atoms with Crippen molar-refractivity contribution in [2.24, 2.45) is 22.5 Å². The van der Waals surface area contributed by atoms with Gasteiger partial charge in [0.25, 0.3) is 0 Å². The van der Waals surface area contributed by atoms with Crippen LogP contribution in [0.5, 0.6) is 0 Å². The van der Waals surface area contributed by atoms with Crippen LogP contribution in [-0.2, 0) is 4.79 Å². The van der Waals surface area contributed by atoms with E-state index >= 15 is 0 Å². The van der Waals surface area contributed by atoms with E-state index in [1.54, 1.807) is 0 Å². The second-order valence-corrected chi connectivity index (χ2v) is 8.25. The highest BCUT2D eigenvalue weighted by Gasteiger charge is 2.53. The smallest absolute Gasteiger partial charge is 0.235 e. The molecule has 3 rings (SSSR count). The van der Waals surface area contributed by atoms with Gasteiger partial charge in [0.15, 0.2) is 0 Å². The first-order valence-electron chi connectivity index (χ1n) is 8.57. The SMILES string of the molecule is CC1CC(C(=O)N2CCC3(CCCCC3)CC2)(C(N)=S)C1. The first kappa shape index (κ1) is 15.3. The third kappa shape index (κ3) is 2.60. The molecular weight excluding hydrogens is 280 g/mol. The molecule has 0 bridgehead atoms. The van der Waals surface area contributed by atoms with Crippen molar-refractivity contribution in [2.45, 2.75) is 64.7 Å². The molecule has 1 amide bonds. The van der Waals surface area contributed by atoms with Gasteiger partial charge in [0.1, 0.15) is 0 Å². The van der Waals surface area contributed by atoms with Gasteiger partial charge in [-0.3, -0.25) is 4.79 Å². The van der Waals surface area contributed by atoms with Crippen molar-refractivity contribution in [1.29, 1.82) is 0 Å². The zero-order chi connectivity index (χ0) is 15.1. The molecule has 0 aromatic rings. The van der Waals surface area contributed by atoms with E-state index in [1.807, 2.05) is 0 Å². The lowest BCUT2D eigenvalue weighted by Crippen LogP contribution is -2.58. The minimum atomic E-state index is -0.508. The van der Waals surface area contributed by atoms with Crippen LogP contribution in [0, 0.1) is 16.7 Å². The number of hydrogen-bond acceptors (Lipinski definition) is 2. The fourth-order valence-electron chi connectivity index (χ4n) is 4.90. The van der Waals surface area contributed by atoms with Gasteiger partial charge < -0.3 is 10.6 Å². The quantitative estimate of drug-likeness (QED) is 0.797. The summed E-state index contributed by atoms with van der Waals surface area (Å²) >= 11 is 5.23. The maximum Gasteiger partial charge on any atom is 0.235 e. The third-order valence-electron chi connectivity index (χ3n) is 6.30. The van der Waals surface area contributed by atoms with Crippen LogP contribution in [0.15, 0.2) is 0 Å². The Morgan fingerprint density at radius 1 is 1.10 bits per heavy atom. The summed E-state index contributed by atoms with van der Waals surface area (Å²) < 4.78 is 0. The molecule has 1 heterocycles. The Morgan fingerprint density at radius 2 is 1.67 bits per heavy atom. The Labute approximate surface area is 133 Å². The van der Waals surface area contributed by atoms with E-state index in [4.69, 9.17) is 18.0 Å². The molecule has 3 aliphatic rings. The topological polar surface area (TPSA) is 46.3 Å². The first-order valence-corrected chi connectivity index (χ1v) is 8.98. The number of rotatable bonds is 2. The summed E-state index contributed by atoms with van der Waals surface area (Å²) in [6, 6.07) is 0. The minimum absolute atomic E-state index is 0.221. The van der Waals surface area contributed by atoms with Crippen LogP contribution in [0.1, 0.15) is 64.7 Å². The molecular formula is C17H28N2OS. The summed E-state index contributed by atoms with van der Waals surface area (Å²) in [6.07, 6.45) is 10.9. The molecule has 2 aliphatic carbocycles. The molecule has 2 N–H and O–H groups in total. The summed E-state index contributed by atoms with van der Waals surface area (Å²) in [5, 5.41) is 0. The maximum absolute atomic E-state index is 12.9. The fraction of sp³-hybridized carbons (Fsp3) is 0.882. The number of thiocarbonyl (C=S) groups is 1. The van der Waals surface area contributed by atoms with Crippen LogP contribution >= 0.6 is 12.2 Å². The Kier molecular flexibility index (Phi) is 4.02. The minimum Gasteiger partial charge on any atom is -0.392 e. The number of nitrogens with zero attached hydrogens (tertiary/aromatic N) is 1. The van der Waals surface area contributed by atoms with Crippen LogP contribution in [0.3, 0.4) is 0 Å². The molecule has 0 unspecified atom stereocenters. The largest absolute Gasteiger partial charge is 0.392 e. The molecule has 118 valence electrons. The number of carbonyl (C=O) groups is 1. The van der Waals surface area contributed by atoms with Crippen LogP contribution in [0.2, 0.25) is 0 Å². The Balaban J connectivity index is 1.63. The second-order valence-electron chi connectivity index (χ2n) is 7.81. The zero-order valence-corrected chi connectivity index (χ0v) is 14.0. The van der Waals surface area contributed by atoms with Gasteiger partial charge in [0.05, 0.1) is 10.4 Å². The molecule has 4 heteroatoms. The van der Waals surface area contributed by atoms with Gasteiger partial charge in [0.2, 0.25) is 5.91 Å². The van der Waals surface area contributed by atoms with Gasteiger partial charge >= 0.3 is 0 Å². The average Bonchev–Trinajstić information content (AvgIpc) is 2.44. The van der Waals surface area contributed by atoms with E-state index in [2.05, 4.69) is 11.8 Å². The van der Waals surface area contributed by atoms with Crippen molar-refractivity contribution in [3.63, 3.8) is 0 Å². The number of carbonyl (C=O) groups excluding carboxylic acids is 1. The standard InChI is InChI=1S/C17H28N2OS/c1-13-11-17(12-13,14(18)21)15(20)19-9-7-16(8-10-19)5-3-2-4-6-16/h13H,2-12H2,1H3,(H2,18,21). The average molecular weight is 308 g/mol. The molecule has 1 spiro atoms. The fourth-order valence-corrected chi connectivity index (χ4v) is 5.15. The van der Waals surface area contributed by atoms with Gasteiger partial charge in [-0.05, 0) is 49.9 Å². The summed E-state index contributed by atoms with van der Waals surface area (Å²) in [5.41, 5.74) is 5.95. The van der Waals surface area contributed by atoms with E-state index in [-0.39, 0.29) is 5.91 Å². The lowest BCUT2D eigenvalue weighted by molar-refractivity contribution is -0.146. The van der Waals surface area contributed by atoms with Gasteiger partial charge in [0, 0.05) is 13.1 Å². The Morgan fingerprint density at radius 3 is 2.14 bits per heavy atom. The van der Waals surface area contributed by atoms with Crippen LogP contribution in [0.25, 0.3) is 0 Å². The molecule has 2 saturated carbocycles. The molecule has 0 radical (unpaired) electrons. The normalized spacial score (nSPS) is 35.3. The third-order valence-corrected chi connectivity index (χ3v) is 6.69. The molecule has 1 saturated heterocycles. The maximum atomic E-state index is 12.9. The van der Waals surface area contributed by atoms with E-state index in [0.717, 1.165) is 25.9 Å². The molecule has 3 nitrogen and oxygen atoms in total. The van der Waals surface area contributed by atoms with E-state index in [9.17, 15) is 4.79 Å².